The number of furan rings is 1. The van der Waals surface area contributed by atoms with E-state index in [1.807, 2.05) is 39.0 Å². The maximum absolute atomic E-state index is 13.4. The van der Waals surface area contributed by atoms with Crippen molar-refractivity contribution in [3.05, 3.63) is 69.4 Å². The molecule has 4 aromatic rings. The number of amides is 1. The molecule has 5 rings (SSSR count). The Kier molecular flexibility index (Phi) is 6.36. The molecule has 1 aliphatic heterocycles. The summed E-state index contributed by atoms with van der Waals surface area (Å²) in [6, 6.07) is 14.5. The molecule has 0 N–H and O–H groups in total. The van der Waals surface area contributed by atoms with Crippen molar-refractivity contribution < 1.29 is 14.0 Å². The van der Waals surface area contributed by atoms with Crippen molar-refractivity contribution in [3.63, 3.8) is 0 Å². The summed E-state index contributed by atoms with van der Waals surface area (Å²) in [6.07, 6.45) is 1.14. The van der Waals surface area contributed by atoms with Crippen LogP contribution < -0.4 is 4.90 Å². The number of pyridine rings is 1. The van der Waals surface area contributed by atoms with Crippen molar-refractivity contribution in [3.8, 4) is 22.4 Å². The van der Waals surface area contributed by atoms with E-state index in [1.165, 1.54) is 0 Å². The summed E-state index contributed by atoms with van der Waals surface area (Å²) in [4.78, 5) is 32.8. The SMILES string of the molecule is CC(C)(C)C(=O)c1oc2nc(-c3ccc(Cl)cc3Cl)c(-c3ccc(Cl)cc3)cc2c1N1CCCC1=O. The number of halogens is 3. The van der Waals surface area contributed by atoms with Gasteiger partial charge < -0.3 is 9.32 Å². The predicted molar refractivity (Wildman–Crippen MR) is 145 cm³/mol. The summed E-state index contributed by atoms with van der Waals surface area (Å²) >= 11 is 18.9. The Balaban J connectivity index is 1.85. The lowest BCUT2D eigenvalue weighted by molar-refractivity contribution is -0.117. The largest absolute Gasteiger partial charge is 0.432 e. The number of nitrogens with zero attached hydrogens (tertiary/aromatic N) is 2. The number of rotatable bonds is 4. The molecule has 1 fully saturated rings. The minimum absolute atomic E-state index is 0.0430. The molecular formula is C28H23Cl3N2O3. The summed E-state index contributed by atoms with van der Waals surface area (Å²) in [7, 11) is 0. The van der Waals surface area contributed by atoms with Crippen LogP contribution in [0.15, 0.2) is 52.9 Å². The molecule has 36 heavy (non-hydrogen) atoms. The van der Waals surface area contributed by atoms with E-state index in [9.17, 15) is 9.59 Å². The third-order valence-corrected chi connectivity index (χ3v) is 7.03. The van der Waals surface area contributed by atoms with Gasteiger partial charge in [0.2, 0.25) is 17.4 Å². The van der Waals surface area contributed by atoms with Gasteiger partial charge in [0, 0.05) is 39.6 Å². The van der Waals surface area contributed by atoms with Gasteiger partial charge in [-0.3, -0.25) is 9.59 Å². The van der Waals surface area contributed by atoms with Gasteiger partial charge in [0.25, 0.3) is 0 Å². The van der Waals surface area contributed by atoms with Gasteiger partial charge in [-0.1, -0.05) is 67.7 Å². The van der Waals surface area contributed by atoms with Crippen LogP contribution in [0.1, 0.15) is 44.2 Å². The van der Waals surface area contributed by atoms with Gasteiger partial charge in [0.1, 0.15) is 5.69 Å². The molecule has 5 nitrogen and oxygen atoms in total. The zero-order valence-corrected chi connectivity index (χ0v) is 22.3. The lowest BCUT2D eigenvalue weighted by atomic mass is 9.88. The Labute approximate surface area is 224 Å². The van der Waals surface area contributed by atoms with Crippen LogP contribution in [0.25, 0.3) is 33.5 Å². The topological polar surface area (TPSA) is 63.4 Å². The standard InChI is InChI=1S/C28H23Cl3N2O3/c1-28(2,3)26(35)25-24(33-12-4-5-22(33)34)20-14-19(15-6-8-16(29)9-7-15)23(32-27(20)36-25)18-11-10-17(30)13-21(18)31/h6-11,13-14H,4-5,12H2,1-3H3. The minimum Gasteiger partial charge on any atom is -0.432 e. The molecule has 0 unspecified atom stereocenters. The Hall–Kier alpha value is -2.86. The summed E-state index contributed by atoms with van der Waals surface area (Å²) in [5, 5.41) is 2.13. The Bertz CT molecular complexity index is 1520. The number of carbonyl (C=O) groups is 2. The van der Waals surface area contributed by atoms with Crippen molar-refractivity contribution in [1.29, 1.82) is 0 Å². The van der Waals surface area contributed by atoms with Crippen LogP contribution in [0.5, 0.6) is 0 Å². The highest BCUT2D eigenvalue weighted by Gasteiger charge is 2.36. The second-order valence-electron chi connectivity index (χ2n) is 9.88. The van der Waals surface area contributed by atoms with Crippen LogP contribution in [0.3, 0.4) is 0 Å². The predicted octanol–water partition coefficient (Wildman–Crippen LogP) is 8.48. The first-order valence-electron chi connectivity index (χ1n) is 11.6. The lowest BCUT2D eigenvalue weighted by Crippen LogP contribution is -2.27. The Morgan fingerprint density at radius 1 is 0.972 bits per heavy atom. The molecule has 0 aliphatic carbocycles. The molecule has 0 bridgehead atoms. The van der Waals surface area contributed by atoms with E-state index in [-0.39, 0.29) is 23.2 Å². The number of Topliss-reactive ketones (excluding diaryl/α,β-unsaturated/α-hetero) is 1. The van der Waals surface area contributed by atoms with Gasteiger partial charge >= 0.3 is 0 Å². The van der Waals surface area contributed by atoms with Crippen LogP contribution in [-0.2, 0) is 4.79 Å². The van der Waals surface area contributed by atoms with Crippen LogP contribution >= 0.6 is 34.8 Å². The highest BCUT2D eigenvalue weighted by molar-refractivity contribution is 6.36. The third kappa shape index (κ3) is 4.40. The van der Waals surface area contributed by atoms with Gasteiger partial charge in [0.05, 0.1) is 16.1 Å². The molecule has 1 saturated heterocycles. The van der Waals surface area contributed by atoms with Crippen molar-refractivity contribution in [2.75, 3.05) is 11.4 Å². The summed E-state index contributed by atoms with van der Waals surface area (Å²) in [6.45, 7) is 5.98. The molecule has 8 heteroatoms. The zero-order chi connectivity index (χ0) is 25.8. The number of hydrogen-bond donors (Lipinski definition) is 0. The van der Waals surface area contributed by atoms with Crippen LogP contribution in [0, 0.1) is 5.41 Å². The number of ketones is 1. The van der Waals surface area contributed by atoms with Crippen LogP contribution in [0.2, 0.25) is 15.1 Å². The van der Waals surface area contributed by atoms with E-state index in [1.54, 1.807) is 35.2 Å². The summed E-state index contributed by atoms with van der Waals surface area (Å²) in [5.74, 6) is -0.102. The second-order valence-corrected chi connectivity index (χ2v) is 11.2. The van der Waals surface area contributed by atoms with E-state index in [2.05, 4.69) is 0 Å². The number of anilines is 1. The maximum Gasteiger partial charge on any atom is 0.229 e. The molecule has 2 aromatic carbocycles. The monoisotopic (exact) mass is 540 g/mol. The highest BCUT2D eigenvalue weighted by atomic mass is 35.5. The van der Waals surface area contributed by atoms with Gasteiger partial charge in [-0.05, 0) is 48.4 Å². The number of carbonyl (C=O) groups excluding carboxylic acids is 2. The number of fused-ring (bicyclic) bond motifs is 1. The molecule has 2 aromatic heterocycles. The molecule has 0 atom stereocenters. The normalized spacial score (nSPS) is 14.2. The average molecular weight is 542 g/mol. The molecule has 0 spiro atoms. The summed E-state index contributed by atoms with van der Waals surface area (Å²) in [5.41, 5.74) is 2.85. The first kappa shape index (κ1) is 24.8. The fourth-order valence-corrected chi connectivity index (χ4v) is 5.02. The van der Waals surface area contributed by atoms with Crippen molar-refractivity contribution >= 4 is 63.3 Å². The van der Waals surface area contributed by atoms with Gasteiger partial charge in [0.15, 0.2) is 5.76 Å². The quantitative estimate of drug-likeness (QED) is 0.243. The van der Waals surface area contributed by atoms with E-state index < -0.39 is 5.41 Å². The molecule has 1 amide bonds. The first-order chi connectivity index (χ1) is 17.0. The fourth-order valence-electron chi connectivity index (χ4n) is 4.39. The summed E-state index contributed by atoms with van der Waals surface area (Å²) < 4.78 is 6.14. The van der Waals surface area contributed by atoms with Gasteiger partial charge in [-0.15, -0.1) is 0 Å². The lowest BCUT2D eigenvalue weighted by Gasteiger charge is -2.20. The highest BCUT2D eigenvalue weighted by Crippen LogP contribution is 2.44. The Morgan fingerprint density at radius 3 is 2.28 bits per heavy atom. The number of hydrogen-bond acceptors (Lipinski definition) is 4. The smallest absolute Gasteiger partial charge is 0.229 e. The maximum atomic E-state index is 13.4. The number of aromatic nitrogens is 1. The molecular weight excluding hydrogens is 519 g/mol. The fraction of sp³-hybridized carbons (Fsp3) is 0.250. The van der Waals surface area contributed by atoms with E-state index in [4.69, 9.17) is 44.2 Å². The minimum atomic E-state index is -0.716. The van der Waals surface area contributed by atoms with E-state index in [0.29, 0.717) is 56.8 Å². The third-order valence-electron chi connectivity index (χ3n) is 6.23. The average Bonchev–Trinajstić information content (AvgIpc) is 3.40. The number of benzene rings is 2. The molecule has 0 saturated carbocycles. The van der Waals surface area contributed by atoms with E-state index >= 15 is 0 Å². The van der Waals surface area contributed by atoms with Crippen molar-refractivity contribution in [2.24, 2.45) is 5.41 Å². The second kappa shape index (κ2) is 9.22. The van der Waals surface area contributed by atoms with Crippen LogP contribution in [-0.4, -0.2) is 23.2 Å². The molecule has 1 aliphatic rings. The van der Waals surface area contributed by atoms with Gasteiger partial charge in [-0.25, -0.2) is 4.98 Å². The first-order valence-corrected chi connectivity index (χ1v) is 12.7. The molecule has 3 heterocycles. The molecule has 0 radical (unpaired) electrons. The van der Waals surface area contributed by atoms with Crippen molar-refractivity contribution in [1.82, 2.24) is 4.98 Å². The van der Waals surface area contributed by atoms with E-state index in [0.717, 1.165) is 11.1 Å². The van der Waals surface area contributed by atoms with Crippen molar-refractivity contribution in [2.45, 2.75) is 33.6 Å². The van der Waals surface area contributed by atoms with Gasteiger partial charge in [-0.2, -0.15) is 0 Å². The molecule has 184 valence electrons. The Morgan fingerprint density at radius 2 is 1.67 bits per heavy atom. The van der Waals surface area contributed by atoms with Crippen LogP contribution in [0.4, 0.5) is 5.69 Å². The zero-order valence-electron chi connectivity index (χ0n) is 20.0.